The average Bonchev–Trinajstić information content (AvgIpc) is 2.96. The molecule has 1 fully saturated rings. The molecule has 0 radical (unpaired) electrons. The summed E-state index contributed by atoms with van der Waals surface area (Å²) in [6, 6.07) is 14.7. The normalized spacial score (nSPS) is 22.2. The van der Waals surface area contributed by atoms with Crippen molar-refractivity contribution in [3.05, 3.63) is 60.2 Å². The maximum Gasteiger partial charge on any atom is 0.183 e. The molecule has 2 aromatic rings. The lowest BCUT2D eigenvalue weighted by molar-refractivity contribution is 0.406. The molecule has 2 atom stereocenters. The Bertz CT molecular complexity index is 972. The van der Waals surface area contributed by atoms with E-state index < -0.39 is 31.0 Å². The zero-order valence-electron chi connectivity index (χ0n) is 14.3. The van der Waals surface area contributed by atoms with E-state index in [-0.39, 0.29) is 16.4 Å². The quantitative estimate of drug-likeness (QED) is 0.796. The van der Waals surface area contributed by atoms with Crippen LogP contribution in [0.15, 0.2) is 59.5 Å². The highest BCUT2D eigenvalue weighted by Crippen LogP contribution is 2.26. The van der Waals surface area contributed by atoms with E-state index >= 15 is 0 Å². The van der Waals surface area contributed by atoms with Crippen molar-refractivity contribution in [2.24, 2.45) is 0 Å². The van der Waals surface area contributed by atoms with Gasteiger partial charge in [0.1, 0.15) is 5.75 Å². The van der Waals surface area contributed by atoms with E-state index in [0.717, 1.165) is 5.56 Å². The summed E-state index contributed by atoms with van der Waals surface area (Å²) < 4.78 is 55.4. The number of sulfone groups is 2. The molecule has 0 aliphatic carbocycles. The molecule has 3 rings (SSSR count). The third-order valence-corrected chi connectivity index (χ3v) is 8.68. The Hall–Kier alpha value is -1.90. The van der Waals surface area contributed by atoms with E-state index in [1.54, 1.807) is 31.4 Å². The molecule has 8 heteroatoms. The van der Waals surface area contributed by atoms with Crippen LogP contribution in [-0.2, 0) is 26.2 Å². The van der Waals surface area contributed by atoms with Crippen molar-refractivity contribution in [1.29, 1.82) is 0 Å². The second-order valence-corrected chi connectivity index (χ2v) is 10.6. The summed E-state index contributed by atoms with van der Waals surface area (Å²) in [6.45, 7) is 0.324. The van der Waals surface area contributed by atoms with E-state index in [0.29, 0.717) is 12.3 Å². The maximum atomic E-state index is 12.9. The number of para-hydroxylation sites is 1. The van der Waals surface area contributed by atoms with Gasteiger partial charge in [-0.05, 0) is 18.2 Å². The standard InChI is InChI=1S/C18H21NO5S2/c1-24-17-10-6-5-7-14(17)11-19-16-12-25(20,21)13-18(16)26(22,23)15-8-3-2-4-9-15/h2-10,16,18-19H,11-13H2,1H3/t16-,18-/m0/s1. The van der Waals surface area contributed by atoms with Gasteiger partial charge < -0.3 is 10.1 Å². The van der Waals surface area contributed by atoms with Crippen LogP contribution in [0.3, 0.4) is 0 Å². The fourth-order valence-electron chi connectivity index (χ4n) is 3.19. The lowest BCUT2D eigenvalue weighted by Gasteiger charge is -2.20. The predicted molar refractivity (Wildman–Crippen MR) is 99.7 cm³/mol. The van der Waals surface area contributed by atoms with Gasteiger partial charge in [-0.15, -0.1) is 0 Å². The van der Waals surface area contributed by atoms with E-state index in [1.807, 2.05) is 18.2 Å². The summed E-state index contributed by atoms with van der Waals surface area (Å²) >= 11 is 0. The summed E-state index contributed by atoms with van der Waals surface area (Å²) in [7, 11) is -5.62. The fourth-order valence-corrected chi connectivity index (χ4v) is 7.92. The molecule has 1 N–H and O–H groups in total. The first-order valence-electron chi connectivity index (χ1n) is 8.18. The molecule has 26 heavy (non-hydrogen) atoms. The zero-order chi connectivity index (χ0) is 18.8. The first-order valence-corrected chi connectivity index (χ1v) is 11.5. The van der Waals surface area contributed by atoms with Crippen LogP contribution < -0.4 is 10.1 Å². The molecule has 0 spiro atoms. The number of hydrogen-bond acceptors (Lipinski definition) is 6. The van der Waals surface area contributed by atoms with Gasteiger partial charge in [0.15, 0.2) is 19.7 Å². The topological polar surface area (TPSA) is 89.5 Å². The summed E-state index contributed by atoms with van der Waals surface area (Å²) in [6.07, 6.45) is 0. The molecule has 6 nitrogen and oxygen atoms in total. The lowest BCUT2D eigenvalue weighted by Crippen LogP contribution is -2.43. The number of nitrogens with one attached hydrogen (secondary N) is 1. The van der Waals surface area contributed by atoms with Gasteiger partial charge in [-0.2, -0.15) is 0 Å². The summed E-state index contributed by atoms with van der Waals surface area (Å²) in [5.41, 5.74) is 0.843. The van der Waals surface area contributed by atoms with E-state index in [4.69, 9.17) is 4.74 Å². The smallest absolute Gasteiger partial charge is 0.183 e. The second-order valence-electron chi connectivity index (χ2n) is 6.27. The van der Waals surface area contributed by atoms with Crippen LogP contribution in [0.4, 0.5) is 0 Å². The Morgan fingerprint density at radius 1 is 1.04 bits per heavy atom. The molecule has 0 amide bonds. The minimum absolute atomic E-state index is 0.145. The van der Waals surface area contributed by atoms with Crippen LogP contribution in [0.25, 0.3) is 0 Å². The van der Waals surface area contributed by atoms with E-state index in [9.17, 15) is 16.8 Å². The Kier molecular flexibility index (Phi) is 5.36. The molecule has 0 bridgehead atoms. The molecular weight excluding hydrogens is 374 g/mol. The molecule has 0 unspecified atom stereocenters. The number of benzene rings is 2. The predicted octanol–water partition coefficient (Wildman–Crippen LogP) is 1.42. The highest BCUT2D eigenvalue weighted by molar-refractivity contribution is 7.96. The Morgan fingerprint density at radius 3 is 2.38 bits per heavy atom. The third kappa shape index (κ3) is 3.92. The van der Waals surface area contributed by atoms with Gasteiger partial charge in [0, 0.05) is 18.2 Å². The van der Waals surface area contributed by atoms with Crippen molar-refractivity contribution in [3.63, 3.8) is 0 Å². The van der Waals surface area contributed by atoms with Gasteiger partial charge >= 0.3 is 0 Å². The van der Waals surface area contributed by atoms with Gasteiger partial charge in [-0.1, -0.05) is 36.4 Å². The number of ether oxygens (including phenoxy) is 1. The molecule has 0 saturated carbocycles. The van der Waals surface area contributed by atoms with Crippen molar-refractivity contribution >= 4 is 19.7 Å². The summed E-state index contributed by atoms with van der Waals surface area (Å²) in [5.74, 6) is 0.107. The number of methoxy groups -OCH3 is 1. The van der Waals surface area contributed by atoms with Crippen molar-refractivity contribution in [2.75, 3.05) is 18.6 Å². The van der Waals surface area contributed by atoms with Gasteiger partial charge in [0.2, 0.25) is 0 Å². The van der Waals surface area contributed by atoms with Crippen LogP contribution >= 0.6 is 0 Å². The average molecular weight is 396 g/mol. The number of rotatable bonds is 6. The van der Waals surface area contributed by atoms with Crippen LogP contribution in [-0.4, -0.2) is 46.7 Å². The SMILES string of the molecule is COc1ccccc1CN[C@H]1CS(=O)(=O)C[C@@H]1S(=O)(=O)c1ccccc1. The van der Waals surface area contributed by atoms with Crippen molar-refractivity contribution in [3.8, 4) is 5.75 Å². The fraction of sp³-hybridized carbons (Fsp3) is 0.333. The highest BCUT2D eigenvalue weighted by Gasteiger charge is 2.45. The van der Waals surface area contributed by atoms with Gasteiger partial charge in [-0.3, -0.25) is 0 Å². The van der Waals surface area contributed by atoms with Crippen molar-refractivity contribution in [2.45, 2.75) is 22.7 Å². The monoisotopic (exact) mass is 395 g/mol. The van der Waals surface area contributed by atoms with Gasteiger partial charge in [0.25, 0.3) is 0 Å². The molecule has 1 aliphatic heterocycles. The minimum atomic E-state index is -3.75. The minimum Gasteiger partial charge on any atom is -0.496 e. The maximum absolute atomic E-state index is 12.9. The lowest BCUT2D eigenvalue weighted by atomic mass is 10.1. The van der Waals surface area contributed by atoms with Gasteiger partial charge in [-0.25, -0.2) is 16.8 Å². The molecule has 1 aliphatic rings. The van der Waals surface area contributed by atoms with Crippen LogP contribution in [0.2, 0.25) is 0 Å². The number of hydrogen-bond donors (Lipinski definition) is 1. The Morgan fingerprint density at radius 2 is 1.69 bits per heavy atom. The molecule has 140 valence electrons. The molecule has 0 aromatic heterocycles. The summed E-state index contributed by atoms with van der Waals surface area (Å²) in [5, 5.41) is 2.11. The molecular formula is C18H21NO5S2. The van der Waals surface area contributed by atoms with Crippen molar-refractivity contribution < 1.29 is 21.6 Å². The van der Waals surface area contributed by atoms with Crippen LogP contribution in [0.5, 0.6) is 5.75 Å². The summed E-state index contributed by atoms with van der Waals surface area (Å²) in [4.78, 5) is 0.145. The first kappa shape index (κ1) is 18.9. The Balaban J connectivity index is 1.85. The molecule has 1 saturated heterocycles. The Labute approximate surface area is 154 Å². The van der Waals surface area contributed by atoms with Gasteiger partial charge in [0.05, 0.1) is 28.8 Å². The van der Waals surface area contributed by atoms with Crippen LogP contribution in [0, 0.1) is 0 Å². The zero-order valence-corrected chi connectivity index (χ0v) is 16.0. The van der Waals surface area contributed by atoms with Crippen LogP contribution in [0.1, 0.15) is 5.56 Å². The molecule has 2 aromatic carbocycles. The largest absolute Gasteiger partial charge is 0.496 e. The highest BCUT2D eigenvalue weighted by atomic mass is 32.2. The van der Waals surface area contributed by atoms with E-state index in [2.05, 4.69) is 5.32 Å². The van der Waals surface area contributed by atoms with Crippen molar-refractivity contribution in [1.82, 2.24) is 5.32 Å². The molecule has 1 heterocycles. The third-order valence-electron chi connectivity index (χ3n) is 4.52. The second kappa shape index (κ2) is 7.38. The van der Waals surface area contributed by atoms with E-state index in [1.165, 1.54) is 12.1 Å². The first-order chi connectivity index (χ1) is 12.3.